The molecule has 1 heterocycles. The summed E-state index contributed by atoms with van der Waals surface area (Å²) in [6.45, 7) is 3.16. The predicted molar refractivity (Wildman–Crippen MR) is 83.6 cm³/mol. The second-order valence-electron chi connectivity index (χ2n) is 4.00. The summed E-state index contributed by atoms with van der Waals surface area (Å²) in [7, 11) is 0. The first-order chi connectivity index (χ1) is 8.29. The van der Waals surface area contributed by atoms with E-state index in [1.165, 1.54) is 14.7 Å². The van der Waals surface area contributed by atoms with Crippen LogP contribution in [0.25, 0.3) is 0 Å². The first kappa shape index (κ1) is 13.1. The zero-order valence-electron chi connectivity index (χ0n) is 9.82. The van der Waals surface area contributed by atoms with E-state index in [4.69, 9.17) is 0 Å². The van der Waals surface area contributed by atoms with E-state index < -0.39 is 0 Å². The second-order valence-corrected chi connectivity index (χ2v) is 6.02. The zero-order chi connectivity index (χ0) is 12.1. The van der Waals surface area contributed by atoms with E-state index in [1.54, 1.807) is 11.3 Å². The molecule has 0 aliphatic carbocycles. The predicted octanol–water partition coefficient (Wildman–Crippen LogP) is 4.25. The van der Waals surface area contributed by atoms with Crippen molar-refractivity contribution in [2.45, 2.75) is 19.4 Å². The maximum atomic E-state index is 3.55. The number of halogens is 1. The van der Waals surface area contributed by atoms with Crippen molar-refractivity contribution in [2.24, 2.45) is 0 Å². The van der Waals surface area contributed by atoms with Crippen LogP contribution in [0, 0.1) is 3.57 Å². The minimum Gasteiger partial charge on any atom is -0.310 e. The fourth-order valence-electron chi connectivity index (χ4n) is 1.88. The molecule has 17 heavy (non-hydrogen) atoms. The SMILES string of the molecule is CCNC(Cc1ccc(I)cc1)c1ccsc1. The average molecular weight is 357 g/mol. The van der Waals surface area contributed by atoms with Crippen LogP contribution in [0.15, 0.2) is 41.1 Å². The Labute approximate surface area is 120 Å². The summed E-state index contributed by atoms with van der Waals surface area (Å²) in [6.07, 6.45) is 1.06. The van der Waals surface area contributed by atoms with E-state index in [0.29, 0.717) is 6.04 Å². The Kier molecular flexibility index (Phi) is 5.00. The molecule has 0 radical (unpaired) electrons. The van der Waals surface area contributed by atoms with Crippen LogP contribution in [0.3, 0.4) is 0 Å². The van der Waals surface area contributed by atoms with Crippen molar-refractivity contribution in [3.8, 4) is 0 Å². The van der Waals surface area contributed by atoms with Gasteiger partial charge in [-0.05, 0) is 75.6 Å². The van der Waals surface area contributed by atoms with Gasteiger partial charge in [0.25, 0.3) is 0 Å². The standard InChI is InChI=1S/C14H16INS/c1-2-16-14(12-7-8-17-10-12)9-11-3-5-13(15)6-4-11/h3-8,10,14,16H,2,9H2,1H3. The summed E-state index contributed by atoms with van der Waals surface area (Å²) < 4.78 is 1.29. The Morgan fingerprint density at radius 3 is 2.59 bits per heavy atom. The fraction of sp³-hybridized carbons (Fsp3) is 0.286. The minimum absolute atomic E-state index is 0.436. The van der Waals surface area contributed by atoms with Gasteiger partial charge in [0.15, 0.2) is 0 Å². The van der Waals surface area contributed by atoms with Crippen molar-refractivity contribution in [2.75, 3.05) is 6.54 Å². The van der Waals surface area contributed by atoms with Crippen LogP contribution in [0.5, 0.6) is 0 Å². The fourth-order valence-corrected chi connectivity index (χ4v) is 2.96. The number of benzene rings is 1. The average Bonchev–Trinajstić information content (AvgIpc) is 2.85. The van der Waals surface area contributed by atoms with Crippen molar-refractivity contribution in [1.82, 2.24) is 5.32 Å². The van der Waals surface area contributed by atoms with Gasteiger partial charge >= 0.3 is 0 Å². The highest BCUT2D eigenvalue weighted by Gasteiger charge is 2.11. The van der Waals surface area contributed by atoms with Gasteiger partial charge in [0.1, 0.15) is 0 Å². The van der Waals surface area contributed by atoms with E-state index in [-0.39, 0.29) is 0 Å². The first-order valence-corrected chi connectivity index (χ1v) is 7.81. The van der Waals surface area contributed by atoms with Crippen LogP contribution in [0.1, 0.15) is 24.1 Å². The molecule has 0 amide bonds. The molecule has 1 atom stereocenters. The minimum atomic E-state index is 0.436. The van der Waals surface area contributed by atoms with E-state index in [0.717, 1.165) is 13.0 Å². The molecule has 1 nitrogen and oxygen atoms in total. The molecule has 1 aromatic carbocycles. The van der Waals surface area contributed by atoms with Crippen molar-refractivity contribution >= 4 is 33.9 Å². The molecule has 0 aliphatic heterocycles. The molecule has 0 spiro atoms. The van der Waals surface area contributed by atoms with Crippen LogP contribution in [0.2, 0.25) is 0 Å². The molecule has 1 aromatic heterocycles. The molecule has 2 rings (SSSR count). The summed E-state index contributed by atoms with van der Waals surface area (Å²) in [5.74, 6) is 0. The van der Waals surface area contributed by atoms with E-state index in [9.17, 15) is 0 Å². The van der Waals surface area contributed by atoms with Gasteiger partial charge in [0.2, 0.25) is 0 Å². The van der Waals surface area contributed by atoms with Crippen LogP contribution in [-0.2, 0) is 6.42 Å². The molecular formula is C14H16INS. The zero-order valence-corrected chi connectivity index (χ0v) is 12.8. The molecule has 3 heteroatoms. The lowest BCUT2D eigenvalue weighted by Gasteiger charge is -2.17. The largest absolute Gasteiger partial charge is 0.310 e. The highest BCUT2D eigenvalue weighted by atomic mass is 127. The molecule has 0 aliphatic rings. The first-order valence-electron chi connectivity index (χ1n) is 5.79. The number of hydrogen-bond donors (Lipinski definition) is 1. The topological polar surface area (TPSA) is 12.0 Å². The van der Waals surface area contributed by atoms with Crippen molar-refractivity contribution in [3.63, 3.8) is 0 Å². The highest BCUT2D eigenvalue weighted by Crippen LogP contribution is 2.21. The van der Waals surface area contributed by atoms with Gasteiger partial charge in [-0.3, -0.25) is 0 Å². The van der Waals surface area contributed by atoms with Gasteiger partial charge in [0, 0.05) is 9.61 Å². The van der Waals surface area contributed by atoms with E-state index in [2.05, 4.69) is 75.9 Å². The maximum absolute atomic E-state index is 3.55. The molecule has 0 saturated carbocycles. The second kappa shape index (κ2) is 6.52. The number of rotatable bonds is 5. The number of thiophene rings is 1. The number of likely N-dealkylation sites (N-methyl/N-ethyl adjacent to an activating group) is 1. The number of nitrogens with one attached hydrogen (secondary N) is 1. The molecule has 1 N–H and O–H groups in total. The lowest BCUT2D eigenvalue weighted by molar-refractivity contribution is 0.551. The van der Waals surface area contributed by atoms with E-state index >= 15 is 0 Å². The van der Waals surface area contributed by atoms with Crippen molar-refractivity contribution < 1.29 is 0 Å². The van der Waals surface area contributed by atoms with Crippen LogP contribution in [0.4, 0.5) is 0 Å². The lowest BCUT2D eigenvalue weighted by Crippen LogP contribution is -2.22. The Balaban J connectivity index is 2.10. The van der Waals surface area contributed by atoms with E-state index in [1.807, 2.05) is 0 Å². The summed E-state index contributed by atoms with van der Waals surface area (Å²) in [6, 6.07) is 11.4. The summed E-state index contributed by atoms with van der Waals surface area (Å²) in [5.41, 5.74) is 2.79. The monoisotopic (exact) mass is 357 g/mol. The summed E-state index contributed by atoms with van der Waals surface area (Å²) in [5, 5.41) is 7.94. The smallest absolute Gasteiger partial charge is 0.0369 e. The van der Waals surface area contributed by atoms with Gasteiger partial charge in [-0.15, -0.1) is 0 Å². The molecule has 0 fully saturated rings. The van der Waals surface area contributed by atoms with Gasteiger partial charge in [-0.1, -0.05) is 19.1 Å². The Bertz CT molecular complexity index is 436. The lowest BCUT2D eigenvalue weighted by atomic mass is 10.0. The maximum Gasteiger partial charge on any atom is 0.0369 e. The van der Waals surface area contributed by atoms with Crippen molar-refractivity contribution in [1.29, 1.82) is 0 Å². The van der Waals surface area contributed by atoms with Gasteiger partial charge in [0.05, 0.1) is 0 Å². The van der Waals surface area contributed by atoms with Crippen LogP contribution in [-0.4, -0.2) is 6.54 Å². The normalized spacial score (nSPS) is 12.6. The Morgan fingerprint density at radius 1 is 1.24 bits per heavy atom. The van der Waals surface area contributed by atoms with Gasteiger partial charge in [-0.2, -0.15) is 11.3 Å². The molecular weight excluding hydrogens is 341 g/mol. The Hall–Kier alpha value is -0.390. The third-order valence-corrected chi connectivity index (χ3v) is 4.17. The number of hydrogen-bond acceptors (Lipinski definition) is 2. The van der Waals surface area contributed by atoms with Crippen LogP contribution >= 0.6 is 33.9 Å². The molecule has 1 unspecified atom stereocenters. The third-order valence-electron chi connectivity index (χ3n) is 2.75. The Morgan fingerprint density at radius 2 is 2.00 bits per heavy atom. The molecule has 2 aromatic rings. The van der Waals surface area contributed by atoms with Gasteiger partial charge in [-0.25, -0.2) is 0 Å². The van der Waals surface area contributed by atoms with Crippen LogP contribution < -0.4 is 5.32 Å². The summed E-state index contributed by atoms with van der Waals surface area (Å²) >= 11 is 4.11. The van der Waals surface area contributed by atoms with Gasteiger partial charge < -0.3 is 5.32 Å². The quantitative estimate of drug-likeness (QED) is 0.789. The molecule has 0 saturated heterocycles. The molecule has 0 bridgehead atoms. The summed E-state index contributed by atoms with van der Waals surface area (Å²) in [4.78, 5) is 0. The highest BCUT2D eigenvalue weighted by molar-refractivity contribution is 14.1. The third kappa shape index (κ3) is 3.79. The van der Waals surface area contributed by atoms with Crippen molar-refractivity contribution in [3.05, 3.63) is 55.8 Å². The molecule has 90 valence electrons.